The molecule has 12 heavy (non-hydrogen) atoms. The first kappa shape index (κ1) is 7.87. The van der Waals surface area contributed by atoms with Crippen molar-refractivity contribution < 1.29 is 0 Å². The maximum absolute atomic E-state index is 5.86. The number of nitrogens with zero attached hydrogens (tertiary/aromatic N) is 2. The Morgan fingerprint density at radius 1 is 1.58 bits per heavy atom. The molecule has 1 aromatic heterocycles. The van der Waals surface area contributed by atoms with E-state index in [1.807, 2.05) is 6.07 Å². The fraction of sp³-hybridized carbons (Fsp3) is 0.444. The summed E-state index contributed by atoms with van der Waals surface area (Å²) in [6.45, 7) is 3.15. The summed E-state index contributed by atoms with van der Waals surface area (Å²) in [4.78, 5) is 6.43. The number of halogens is 1. The van der Waals surface area contributed by atoms with E-state index in [4.69, 9.17) is 11.6 Å². The average Bonchev–Trinajstić information content (AvgIpc) is 2.33. The summed E-state index contributed by atoms with van der Waals surface area (Å²) >= 11 is 5.86. The van der Waals surface area contributed by atoms with Crippen LogP contribution in [0.15, 0.2) is 6.07 Å². The van der Waals surface area contributed by atoms with Gasteiger partial charge in [0.25, 0.3) is 0 Å². The van der Waals surface area contributed by atoms with Gasteiger partial charge in [-0.2, -0.15) is 0 Å². The second-order valence-corrected chi connectivity index (χ2v) is 3.62. The number of rotatable bonds is 0. The lowest BCUT2D eigenvalue weighted by molar-refractivity contribution is 0.944. The van der Waals surface area contributed by atoms with Gasteiger partial charge in [-0.1, -0.05) is 11.6 Å². The third-order valence-electron chi connectivity index (χ3n) is 2.35. The molecule has 0 radical (unpaired) electrons. The van der Waals surface area contributed by atoms with Crippen LogP contribution in [0, 0.1) is 6.92 Å². The number of hydrogen-bond acceptors (Lipinski definition) is 2. The quantitative estimate of drug-likeness (QED) is 0.571. The molecule has 0 atom stereocenters. The van der Waals surface area contributed by atoms with Crippen molar-refractivity contribution in [2.24, 2.45) is 0 Å². The van der Waals surface area contributed by atoms with Crippen LogP contribution in [0.3, 0.4) is 0 Å². The fourth-order valence-electron chi connectivity index (χ4n) is 1.65. The lowest BCUT2D eigenvalue weighted by Gasteiger charge is -2.10. The monoisotopic (exact) mass is 182 g/mol. The second-order valence-electron chi connectivity index (χ2n) is 3.24. The van der Waals surface area contributed by atoms with Gasteiger partial charge in [0.15, 0.2) is 0 Å². The van der Waals surface area contributed by atoms with Crippen molar-refractivity contribution in [3.8, 4) is 0 Å². The lowest BCUT2D eigenvalue weighted by Crippen LogP contribution is -2.13. The minimum absolute atomic E-state index is 0.597. The third kappa shape index (κ3) is 1.07. The molecule has 2 nitrogen and oxygen atoms in total. The predicted molar refractivity (Wildman–Crippen MR) is 51.0 cm³/mol. The van der Waals surface area contributed by atoms with Crippen LogP contribution in [0.5, 0.6) is 0 Å². The van der Waals surface area contributed by atoms with Gasteiger partial charge in [-0.15, -0.1) is 0 Å². The van der Waals surface area contributed by atoms with Crippen LogP contribution in [-0.2, 0) is 6.42 Å². The van der Waals surface area contributed by atoms with Crippen molar-refractivity contribution >= 4 is 17.4 Å². The van der Waals surface area contributed by atoms with E-state index in [1.54, 1.807) is 0 Å². The van der Waals surface area contributed by atoms with Crippen LogP contribution in [0.2, 0.25) is 5.15 Å². The zero-order valence-electron chi connectivity index (χ0n) is 7.26. The molecule has 0 saturated heterocycles. The molecule has 64 valence electrons. The van der Waals surface area contributed by atoms with Crippen molar-refractivity contribution in [2.45, 2.75) is 13.3 Å². The first-order valence-electron chi connectivity index (χ1n) is 4.05. The van der Waals surface area contributed by atoms with E-state index in [-0.39, 0.29) is 0 Å². The fourth-order valence-corrected chi connectivity index (χ4v) is 1.90. The van der Waals surface area contributed by atoms with Gasteiger partial charge in [0.1, 0.15) is 11.0 Å². The summed E-state index contributed by atoms with van der Waals surface area (Å²) in [7, 11) is 2.05. The molecule has 1 aromatic rings. The normalized spacial score (nSPS) is 15.1. The number of aromatic nitrogens is 1. The average molecular weight is 183 g/mol. The van der Waals surface area contributed by atoms with E-state index in [9.17, 15) is 0 Å². The van der Waals surface area contributed by atoms with E-state index in [0.29, 0.717) is 5.15 Å². The molecule has 0 fully saturated rings. The third-order valence-corrected chi connectivity index (χ3v) is 2.55. The van der Waals surface area contributed by atoms with Crippen LogP contribution >= 0.6 is 11.6 Å². The molecule has 0 saturated carbocycles. The first-order chi connectivity index (χ1) is 5.68. The van der Waals surface area contributed by atoms with E-state index in [1.165, 1.54) is 11.1 Å². The lowest BCUT2D eigenvalue weighted by atomic mass is 10.1. The number of likely N-dealkylation sites (N-methyl/N-ethyl adjacent to an activating group) is 1. The molecular formula is C9H11ClN2. The molecule has 0 aliphatic carbocycles. The van der Waals surface area contributed by atoms with Gasteiger partial charge < -0.3 is 4.90 Å². The molecule has 0 aromatic carbocycles. The van der Waals surface area contributed by atoms with Gasteiger partial charge in [-0.3, -0.25) is 0 Å². The van der Waals surface area contributed by atoms with Crippen LogP contribution in [0.25, 0.3) is 0 Å². The Labute approximate surface area is 77.2 Å². The first-order valence-corrected chi connectivity index (χ1v) is 4.43. The minimum Gasteiger partial charge on any atom is -0.359 e. The largest absolute Gasteiger partial charge is 0.359 e. The summed E-state index contributed by atoms with van der Waals surface area (Å²) in [6.07, 6.45) is 1.10. The number of pyridine rings is 1. The van der Waals surface area contributed by atoms with Gasteiger partial charge in [0.05, 0.1) is 0 Å². The van der Waals surface area contributed by atoms with Crippen LogP contribution in [0.4, 0.5) is 5.82 Å². The van der Waals surface area contributed by atoms with Gasteiger partial charge in [-0.25, -0.2) is 4.98 Å². The smallest absolute Gasteiger partial charge is 0.133 e. The molecule has 3 heteroatoms. The summed E-state index contributed by atoms with van der Waals surface area (Å²) in [5.74, 6) is 1.06. The molecule has 1 aliphatic heterocycles. The molecule has 0 amide bonds. The highest BCUT2D eigenvalue weighted by Gasteiger charge is 2.19. The molecule has 2 rings (SSSR count). The van der Waals surface area contributed by atoms with Crippen molar-refractivity contribution in [1.82, 2.24) is 4.98 Å². The van der Waals surface area contributed by atoms with E-state index in [2.05, 4.69) is 23.9 Å². The highest BCUT2D eigenvalue weighted by molar-refractivity contribution is 6.29. The number of fused-ring (bicyclic) bond motifs is 1. The van der Waals surface area contributed by atoms with Crippen LogP contribution in [0.1, 0.15) is 11.1 Å². The highest BCUT2D eigenvalue weighted by Crippen LogP contribution is 2.28. The summed E-state index contributed by atoms with van der Waals surface area (Å²) in [6, 6.07) is 1.93. The maximum atomic E-state index is 5.86. The Morgan fingerprint density at radius 2 is 2.33 bits per heavy atom. The zero-order valence-corrected chi connectivity index (χ0v) is 8.02. The second kappa shape index (κ2) is 2.63. The molecule has 0 N–H and O–H groups in total. The highest BCUT2D eigenvalue weighted by atomic mass is 35.5. The summed E-state index contributed by atoms with van der Waals surface area (Å²) in [5, 5.41) is 0.597. The summed E-state index contributed by atoms with van der Waals surface area (Å²) < 4.78 is 0. The molecular weight excluding hydrogens is 172 g/mol. The van der Waals surface area contributed by atoms with Crippen molar-refractivity contribution in [2.75, 3.05) is 18.5 Å². The van der Waals surface area contributed by atoms with Crippen LogP contribution in [-0.4, -0.2) is 18.6 Å². The Morgan fingerprint density at radius 3 is 3.08 bits per heavy atom. The van der Waals surface area contributed by atoms with Gasteiger partial charge in [0.2, 0.25) is 0 Å². The van der Waals surface area contributed by atoms with E-state index in [0.717, 1.165) is 18.8 Å². The van der Waals surface area contributed by atoms with Gasteiger partial charge >= 0.3 is 0 Å². The standard InChI is InChI=1S/C9H11ClN2/c1-6-5-8(10)11-9-7(6)3-4-12(9)2/h5H,3-4H2,1-2H3. The van der Waals surface area contributed by atoms with Gasteiger partial charge in [-0.05, 0) is 30.5 Å². The molecule has 2 heterocycles. The Bertz CT molecular complexity index is 323. The van der Waals surface area contributed by atoms with Crippen molar-refractivity contribution in [3.63, 3.8) is 0 Å². The molecule has 0 unspecified atom stereocenters. The minimum atomic E-state index is 0.597. The Hall–Kier alpha value is -0.760. The molecule has 1 aliphatic rings. The molecule has 0 spiro atoms. The number of hydrogen-bond donors (Lipinski definition) is 0. The molecule has 0 bridgehead atoms. The van der Waals surface area contributed by atoms with Crippen molar-refractivity contribution in [3.05, 3.63) is 22.3 Å². The number of aryl methyl sites for hydroxylation is 1. The summed E-state index contributed by atoms with van der Waals surface area (Å²) in [5.41, 5.74) is 2.61. The Kier molecular flexibility index (Phi) is 1.72. The van der Waals surface area contributed by atoms with E-state index < -0.39 is 0 Å². The number of anilines is 1. The predicted octanol–water partition coefficient (Wildman–Crippen LogP) is 2.04. The topological polar surface area (TPSA) is 16.1 Å². The van der Waals surface area contributed by atoms with Crippen molar-refractivity contribution in [1.29, 1.82) is 0 Å². The Balaban J connectivity index is 2.60. The van der Waals surface area contributed by atoms with Gasteiger partial charge in [0, 0.05) is 13.6 Å². The SMILES string of the molecule is Cc1cc(Cl)nc2c1CCN2C. The van der Waals surface area contributed by atoms with E-state index >= 15 is 0 Å². The zero-order chi connectivity index (χ0) is 8.72. The van der Waals surface area contributed by atoms with Crippen LogP contribution < -0.4 is 4.90 Å². The maximum Gasteiger partial charge on any atom is 0.133 e.